The van der Waals surface area contributed by atoms with Crippen molar-refractivity contribution in [1.82, 2.24) is 4.90 Å². The first-order valence-electron chi connectivity index (χ1n) is 12.0. The zero-order valence-corrected chi connectivity index (χ0v) is 21.0. The van der Waals surface area contributed by atoms with Crippen molar-refractivity contribution in [3.63, 3.8) is 0 Å². The molecule has 10 heteroatoms. The number of aliphatic hydroxyl groups excluding tert-OH is 2. The van der Waals surface area contributed by atoms with Crippen LogP contribution in [0.3, 0.4) is 0 Å². The molecule has 5 rings (SSSR count). The fourth-order valence-electron chi connectivity index (χ4n) is 6.49. The summed E-state index contributed by atoms with van der Waals surface area (Å²) in [6, 6.07) is 10.6. The molecule has 2 aromatic carbocycles. The summed E-state index contributed by atoms with van der Waals surface area (Å²) in [5.74, 6) is -8.08. The molecular formula is C28H28N2O8. The number of nitrogens with two attached hydrogens (primary N) is 1. The first-order chi connectivity index (χ1) is 17.8. The molecule has 0 radical (unpaired) electrons. The van der Waals surface area contributed by atoms with Crippen LogP contribution in [0.2, 0.25) is 0 Å². The number of aliphatic hydroxyl groups is 4. The number of amides is 1. The number of hydrogen-bond acceptors (Lipinski definition) is 9. The van der Waals surface area contributed by atoms with Gasteiger partial charge in [0.25, 0.3) is 5.91 Å². The largest absolute Gasteiger partial charge is 0.508 e. The van der Waals surface area contributed by atoms with Gasteiger partial charge in [-0.25, -0.2) is 0 Å². The van der Waals surface area contributed by atoms with Gasteiger partial charge in [0.05, 0.1) is 17.2 Å². The highest BCUT2D eigenvalue weighted by atomic mass is 16.3. The maximum absolute atomic E-state index is 14.0. The number of primary amides is 1. The quantitative estimate of drug-likeness (QED) is 0.325. The van der Waals surface area contributed by atoms with E-state index in [-0.39, 0.29) is 17.5 Å². The van der Waals surface area contributed by atoms with Crippen molar-refractivity contribution in [2.45, 2.75) is 30.6 Å². The Labute approximate surface area is 217 Å². The molecular weight excluding hydrogens is 492 g/mol. The summed E-state index contributed by atoms with van der Waals surface area (Å²) in [6.07, 6.45) is -0.233. The van der Waals surface area contributed by atoms with E-state index in [0.717, 1.165) is 0 Å². The van der Waals surface area contributed by atoms with Gasteiger partial charge in [0, 0.05) is 23.0 Å². The van der Waals surface area contributed by atoms with Gasteiger partial charge >= 0.3 is 0 Å². The van der Waals surface area contributed by atoms with Crippen LogP contribution in [-0.2, 0) is 20.0 Å². The fourth-order valence-corrected chi connectivity index (χ4v) is 6.49. The summed E-state index contributed by atoms with van der Waals surface area (Å²) in [6.45, 7) is 1.44. The third-order valence-electron chi connectivity index (χ3n) is 8.21. The fraction of sp³-hybridized carbons (Fsp3) is 0.321. The van der Waals surface area contributed by atoms with E-state index in [1.165, 1.54) is 32.0 Å². The average Bonchev–Trinajstić information content (AvgIpc) is 2.84. The maximum Gasteiger partial charge on any atom is 0.255 e. The predicted octanol–water partition coefficient (Wildman–Crippen LogP) is 1.30. The second kappa shape index (κ2) is 8.26. The zero-order valence-electron chi connectivity index (χ0n) is 21.0. The SMILES string of the molecule is CN(C)[C@H]1C(=O)C(C(N)=O)=C(O)[C@]2(O)C(=O)C3=C(O)c4c(O)ccc(-c5ccccc5)c4C(C)(O)[C@@H]3C[C@H]12. The molecule has 0 bridgehead atoms. The summed E-state index contributed by atoms with van der Waals surface area (Å²) in [7, 11) is 3.02. The number of fused-ring (bicyclic) bond motifs is 3. The van der Waals surface area contributed by atoms with Crippen molar-refractivity contribution in [3.8, 4) is 16.9 Å². The topological polar surface area (TPSA) is 182 Å². The third-order valence-corrected chi connectivity index (χ3v) is 8.21. The Kier molecular flexibility index (Phi) is 5.57. The Morgan fingerprint density at radius 2 is 1.66 bits per heavy atom. The lowest BCUT2D eigenvalue weighted by Crippen LogP contribution is -2.67. The number of rotatable bonds is 3. The second-order valence-electron chi connectivity index (χ2n) is 10.5. The van der Waals surface area contributed by atoms with Gasteiger partial charge in [-0.1, -0.05) is 36.4 Å². The van der Waals surface area contributed by atoms with E-state index in [0.29, 0.717) is 11.1 Å². The van der Waals surface area contributed by atoms with E-state index >= 15 is 0 Å². The van der Waals surface area contributed by atoms with Gasteiger partial charge in [-0.2, -0.15) is 0 Å². The normalized spacial score (nSPS) is 30.7. The Hall–Kier alpha value is -3.99. The van der Waals surface area contributed by atoms with Crippen LogP contribution in [0.1, 0.15) is 24.5 Å². The molecule has 10 nitrogen and oxygen atoms in total. The number of nitrogens with zero attached hydrogens (tertiary/aromatic N) is 1. The standard InChI is InChI=1S/C28H28N2O8/c1-27(37)14-11-15-21(30(2)3)23(33)19(26(29)36)25(35)28(15,38)24(34)17(14)22(32)18-16(31)10-9-13(20(18)27)12-7-5-4-6-8-12/h4-10,14-15,21,31-32,35,37-38H,11H2,1-3H3,(H2,29,36)/t14-,15-,21-,27?,28-/m1/s1. The lowest BCUT2D eigenvalue weighted by molar-refractivity contribution is -0.159. The molecule has 1 saturated carbocycles. The summed E-state index contributed by atoms with van der Waals surface area (Å²) in [5.41, 5.74) is 0.536. The van der Waals surface area contributed by atoms with Gasteiger partial charge < -0.3 is 31.3 Å². The van der Waals surface area contributed by atoms with Crippen LogP contribution >= 0.6 is 0 Å². The Morgan fingerprint density at radius 1 is 1.03 bits per heavy atom. The van der Waals surface area contributed by atoms with E-state index in [2.05, 4.69) is 0 Å². The molecule has 0 saturated heterocycles. The first-order valence-corrected chi connectivity index (χ1v) is 12.0. The lowest BCUT2D eigenvalue weighted by Gasteiger charge is -2.53. The summed E-state index contributed by atoms with van der Waals surface area (Å²) < 4.78 is 0. The lowest BCUT2D eigenvalue weighted by atomic mass is 9.54. The molecule has 7 N–H and O–H groups in total. The highest BCUT2D eigenvalue weighted by Crippen LogP contribution is 2.58. The third kappa shape index (κ3) is 3.14. The van der Waals surface area contributed by atoms with Gasteiger partial charge in [0.15, 0.2) is 11.4 Å². The van der Waals surface area contributed by atoms with Crippen molar-refractivity contribution in [2.75, 3.05) is 14.1 Å². The van der Waals surface area contributed by atoms with Crippen LogP contribution in [0.4, 0.5) is 0 Å². The number of carbonyl (C=O) groups is 3. The van der Waals surface area contributed by atoms with Crippen molar-refractivity contribution in [2.24, 2.45) is 17.6 Å². The second-order valence-corrected chi connectivity index (χ2v) is 10.5. The van der Waals surface area contributed by atoms with Crippen molar-refractivity contribution < 1.29 is 39.9 Å². The number of carbonyl (C=O) groups excluding carboxylic acids is 3. The molecule has 1 unspecified atom stereocenters. The molecule has 198 valence electrons. The number of benzene rings is 2. The molecule has 5 atom stereocenters. The highest BCUT2D eigenvalue weighted by molar-refractivity contribution is 6.24. The van der Waals surface area contributed by atoms with E-state index in [4.69, 9.17) is 5.73 Å². The number of ketones is 2. The molecule has 3 aliphatic rings. The molecule has 0 aromatic heterocycles. The molecule has 38 heavy (non-hydrogen) atoms. The number of aromatic hydroxyl groups is 1. The average molecular weight is 521 g/mol. The maximum atomic E-state index is 14.0. The molecule has 1 fully saturated rings. The van der Waals surface area contributed by atoms with Gasteiger partial charge in [0.2, 0.25) is 5.78 Å². The molecule has 2 aromatic rings. The van der Waals surface area contributed by atoms with Crippen molar-refractivity contribution >= 4 is 23.2 Å². The number of likely N-dealkylation sites (N-methyl/N-ethyl adjacent to an activating group) is 1. The molecule has 0 heterocycles. The minimum absolute atomic E-state index is 0.175. The summed E-state index contributed by atoms with van der Waals surface area (Å²) in [5, 5.41) is 56.9. The van der Waals surface area contributed by atoms with Crippen LogP contribution in [0.25, 0.3) is 16.9 Å². The smallest absolute Gasteiger partial charge is 0.255 e. The van der Waals surface area contributed by atoms with Gasteiger partial charge in [-0.15, -0.1) is 0 Å². The number of phenolic OH excluding ortho intramolecular Hbond substituents is 1. The minimum atomic E-state index is -2.78. The number of phenols is 1. The molecule has 0 aliphatic heterocycles. The van der Waals surface area contributed by atoms with E-state index in [1.54, 1.807) is 30.3 Å². The Morgan fingerprint density at radius 3 is 2.24 bits per heavy atom. The monoisotopic (exact) mass is 520 g/mol. The van der Waals surface area contributed by atoms with E-state index < -0.39 is 75.0 Å². The molecule has 3 aliphatic carbocycles. The number of hydrogen-bond donors (Lipinski definition) is 6. The Bertz CT molecular complexity index is 1470. The van der Waals surface area contributed by atoms with Gasteiger partial charge in [-0.3, -0.25) is 19.3 Å². The van der Waals surface area contributed by atoms with Crippen molar-refractivity contribution in [3.05, 3.63) is 70.5 Å². The first kappa shape index (κ1) is 25.7. The van der Waals surface area contributed by atoms with Crippen LogP contribution in [0, 0.1) is 11.8 Å². The predicted molar refractivity (Wildman–Crippen MR) is 136 cm³/mol. The molecule has 1 amide bonds. The van der Waals surface area contributed by atoms with Crippen LogP contribution in [0.15, 0.2) is 59.4 Å². The zero-order chi connectivity index (χ0) is 27.9. The highest BCUT2D eigenvalue weighted by Gasteiger charge is 2.66. The number of Topliss-reactive ketones (excluding diaryl/α,β-unsaturated/α-hetero) is 2. The van der Waals surface area contributed by atoms with Gasteiger partial charge in [0.1, 0.15) is 22.8 Å². The van der Waals surface area contributed by atoms with Crippen LogP contribution < -0.4 is 5.73 Å². The van der Waals surface area contributed by atoms with Crippen LogP contribution in [-0.4, -0.2) is 73.6 Å². The van der Waals surface area contributed by atoms with E-state index in [1.807, 2.05) is 6.07 Å². The summed E-state index contributed by atoms with van der Waals surface area (Å²) in [4.78, 5) is 40.8. The minimum Gasteiger partial charge on any atom is -0.508 e. The van der Waals surface area contributed by atoms with E-state index in [9.17, 15) is 39.9 Å². The molecule has 0 spiro atoms. The summed E-state index contributed by atoms with van der Waals surface area (Å²) >= 11 is 0. The van der Waals surface area contributed by atoms with Crippen LogP contribution in [0.5, 0.6) is 5.75 Å². The van der Waals surface area contributed by atoms with Gasteiger partial charge in [-0.05, 0) is 44.6 Å². The Balaban J connectivity index is 1.83. The van der Waals surface area contributed by atoms with Crippen molar-refractivity contribution in [1.29, 1.82) is 0 Å².